The van der Waals surface area contributed by atoms with Crippen molar-refractivity contribution >= 4 is 29.6 Å². The number of benzene rings is 3. The molecule has 3 nitrogen and oxygen atoms in total. The van der Waals surface area contributed by atoms with Crippen LogP contribution in [0.4, 0.5) is 5.69 Å². The highest BCUT2D eigenvalue weighted by molar-refractivity contribution is 7.98. The number of carboxylic acid groups (broad SMARTS) is 1. The lowest BCUT2D eigenvalue weighted by molar-refractivity contribution is 0.0697. The fourth-order valence-corrected chi connectivity index (χ4v) is 3.10. The Morgan fingerprint density at radius 2 is 1.60 bits per heavy atom. The van der Waals surface area contributed by atoms with Gasteiger partial charge in [0.15, 0.2) is 0 Å². The Labute approximate surface area is 151 Å². The minimum atomic E-state index is -0.924. The lowest BCUT2D eigenvalue weighted by Crippen LogP contribution is -1.95. The van der Waals surface area contributed by atoms with Crippen molar-refractivity contribution in [3.05, 3.63) is 95.6 Å². The van der Waals surface area contributed by atoms with Gasteiger partial charge in [-0.1, -0.05) is 42.5 Å². The molecule has 0 amide bonds. The zero-order chi connectivity index (χ0) is 17.5. The first-order valence-corrected chi connectivity index (χ1v) is 8.83. The van der Waals surface area contributed by atoms with E-state index in [2.05, 4.69) is 29.3 Å². The van der Waals surface area contributed by atoms with Gasteiger partial charge in [-0.25, -0.2) is 4.79 Å². The van der Waals surface area contributed by atoms with Gasteiger partial charge >= 0.3 is 5.97 Å². The van der Waals surface area contributed by atoms with E-state index in [0.29, 0.717) is 0 Å². The number of hydrogen-bond acceptors (Lipinski definition) is 3. The molecule has 0 saturated heterocycles. The van der Waals surface area contributed by atoms with Crippen LogP contribution in [-0.2, 0) is 5.75 Å². The van der Waals surface area contributed by atoms with Crippen LogP contribution in [0.25, 0.3) is 0 Å². The first-order chi connectivity index (χ1) is 12.2. The maximum atomic E-state index is 10.8. The van der Waals surface area contributed by atoms with Crippen LogP contribution in [0.3, 0.4) is 0 Å². The second-order valence-electron chi connectivity index (χ2n) is 5.45. The molecule has 0 spiro atoms. The normalized spacial score (nSPS) is 10.9. The van der Waals surface area contributed by atoms with Crippen LogP contribution in [0, 0.1) is 0 Å². The molecule has 0 aliphatic rings. The number of thioether (sulfide) groups is 1. The van der Waals surface area contributed by atoms with E-state index in [-0.39, 0.29) is 5.56 Å². The van der Waals surface area contributed by atoms with Crippen molar-refractivity contribution in [3.63, 3.8) is 0 Å². The van der Waals surface area contributed by atoms with E-state index < -0.39 is 5.97 Å². The Morgan fingerprint density at radius 3 is 2.24 bits per heavy atom. The number of nitrogens with zero attached hydrogens (tertiary/aromatic N) is 1. The zero-order valence-corrected chi connectivity index (χ0v) is 14.3. The Balaban J connectivity index is 1.59. The standard InChI is InChI=1S/C21H17NO2S/c23-21(24)18-10-6-16(7-11-18)14-22-19-12-8-17(9-13-19)15-25-20-4-2-1-3-5-20/h1-14H,15H2,(H,23,24). The molecule has 0 unspecified atom stereocenters. The fraction of sp³-hybridized carbons (Fsp3) is 0.0476. The van der Waals surface area contributed by atoms with Gasteiger partial charge in [-0.3, -0.25) is 4.99 Å². The van der Waals surface area contributed by atoms with Crippen molar-refractivity contribution in [1.82, 2.24) is 0 Å². The van der Waals surface area contributed by atoms with Crippen molar-refractivity contribution in [1.29, 1.82) is 0 Å². The van der Waals surface area contributed by atoms with Gasteiger partial charge < -0.3 is 5.11 Å². The Morgan fingerprint density at radius 1 is 0.920 bits per heavy atom. The quantitative estimate of drug-likeness (QED) is 0.478. The van der Waals surface area contributed by atoms with E-state index in [4.69, 9.17) is 5.11 Å². The minimum Gasteiger partial charge on any atom is -0.478 e. The molecule has 0 bridgehead atoms. The lowest BCUT2D eigenvalue weighted by atomic mass is 10.1. The van der Waals surface area contributed by atoms with Crippen molar-refractivity contribution in [2.45, 2.75) is 10.6 Å². The maximum absolute atomic E-state index is 10.8. The number of aromatic carboxylic acids is 1. The van der Waals surface area contributed by atoms with Gasteiger partial charge in [-0.2, -0.15) is 0 Å². The van der Waals surface area contributed by atoms with Gasteiger partial charge in [-0.15, -0.1) is 11.8 Å². The van der Waals surface area contributed by atoms with Crippen molar-refractivity contribution < 1.29 is 9.90 Å². The molecule has 4 heteroatoms. The number of carboxylic acids is 1. The number of carbonyl (C=O) groups is 1. The molecule has 1 N–H and O–H groups in total. The van der Waals surface area contributed by atoms with Crippen LogP contribution in [-0.4, -0.2) is 17.3 Å². The smallest absolute Gasteiger partial charge is 0.335 e. The van der Waals surface area contributed by atoms with Gasteiger partial charge in [0.25, 0.3) is 0 Å². The second-order valence-corrected chi connectivity index (χ2v) is 6.50. The number of aliphatic imine (C=N–C) groups is 1. The molecule has 25 heavy (non-hydrogen) atoms. The van der Waals surface area contributed by atoms with Crippen molar-refractivity contribution in [2.75, 3.05) is 0 Å². The summed E-state index contributed by atoms with van der Waals surface area (Å²) in [5.41, 5.74) is 3.26. The maximum Gasteiger partial charge on any atom is 0.335 e. The summed E-state index contributed by atoms with van der Waals surface area (Å²) < 4.78 is 0. The predicted octanol–water partition coefficient (Wildman–Crippen LogP) is 5.43. The van der Waals surface area contributed by atoms with Crippen LogP contribution in [0.1, 0.15) is 21.5 Å². The third kappa shape index (κ3) is 5.06. The summed E-state index contributed by atoms with van der Waals surface area (Å²) in [5, 5.41) is 8.89. The Kier molecular flexibility index (Phi) is 5.65. The summed E-state index contributed by atoms with van der Waals surface area (Å²) in [6, 6.07) is 25.1. The highest BCUT2D eigenvalue weighted by Gasteiger charge is 2.00. The number of rotatable bonds is 6. The minimum absolute atomic E-state index is 0.275. The van der Waals surface area contributed by atoms with Crippen LogP contribution in [0.2, 0.25) is 0 Å². The molecule has 3 aromatic rings. The fourth-order valence-electron chi connectivity index (χ4n) is 2.22. The second kappa shape index (κ2) is 8.31. The van der Waals surface area contributed by atoms with Gasteiger partial charge in [0.05, 0.1) is 11.3 Å². The largest absolute Gasteiger partial charge is 0.478 e. The summed E-state index contributed by atoms with van der Waals surface area (Å²) in [5.74, 6) is -0.00237. The highest BCUT2D eigenvalue weighted by atomic mass is 32.2. The van der Waals surface area contributed by atoms with E-state index in [9.17, 15) is 4.79 Å². The molecule has 0 heterocycles. The molecular formula is C21H17NO2S. The third-order valence-corrected chi connectivity index (χ3v) is 4.69. The monoisotopic (exact) mass is 347 g/mol. The predicted molar refractivity (Wildman–Crippen MR) is 103 cm³/mol. The summed E-state index contributed by atoms with van der Waals surface area (Å²) in [6.45, 7) is 0. The SMILES string of the molecule is O=C(O)c1ccc(C=Nc2ccc(CSc3ccccc3)cc2)cc1. The highest BCUT2D eigenvalue weighted by Crippen LogP contribution is 2.23. The molecule has 124 valence electrons. The molecule has 0 aromatic heterocycles. The zero-order valence-electron chi connectivity index (χ0n) is 13.5. The summed E-state index contributed by atoms with van der Waals surface area (Å²) >= 11 is 1.81. The summed E-state index contributed by atoms with van der Waals surface area (Å²) in [4.78, 5) is 16.5. The molecule has 3 rings (SSSR count). The van der Waals surface area contributed by atoms with E-state index in [1.54, 1.807) is 42.2 Å². The van der Waals surface area contributed by atoms with E-state index >= 15 is 0 Å². The first kappa shape index (κ1) is 17.0. The third-order valence-electron chi connectivity index (χ3n) is 3.61. The molecule has 0 saturated carbocycles. The van der Waals surface area contributed by atoms with Gasteiger partial charge in [-0.05, 0) is 47.5 Å². The molecular weight excluding hydrogens is 330 g/mol. The Bertz CT molecular complexity index is 857. The molecule has 0 aliphatic heterocycles. The molecule has 3 aromatic carbocycles. The van der Waals surface area contributed by atoms with Gasteiger partial charge in [0.2, 0.25) is 0 Å². The Hall–Kier alpha value is -2.85. The molecule has 0 fully saturated rings. The molecule has 0 radical (unpaired) electrons. The first-order valence-electron chi connectivity index (χ1n) is 7.85. The van der Waals surface area contributed by atoms with Crippen LogP contribution in [0.5, 0.6) is 0 Å². The van der Waals surface area contributed by atoms with E-state index in [1.807, 2.05) is 30.3 Å². The van der Waals surface area contributed by atoms with E-state index in [0.717, 1.165) is 17.0 Å². The topological polar surface area (TPSA) is 49.7 Å². The van der Waals surface area contributed by atoms with Gasteiger partial charge in [0.1, 0.15) is 0 Å². The number of hydrogen-bond donors (Lipinski definition) is 1. The average Bonchev–Trinajstić information content (AvgIpc) is 2.67. The van der Waals surface area contributed by atoms with Crippen molar-refractivity contribution in [3.8, 4) is 0 Å². The van der Waals surface area contributed by atoms with Crippen LogP contribution >= 0.6 is 11.8 Å². The lowest BCUT2D eigenvalue weighted by Gasteiger charge is -2.02. The van der Waals surface area contributed by atoms with Crippen LogP contribution in [0.15, 0.2) is 88.8 Å². The van der Waals surface area contributed by atoms with Crippen molar-refractivity contribution in [2.24, 2.45) is 4.99 Å². The van der Waals surface area contributed by atoms with E-state index in [1.165, 1.54) is 10.5 Å². The molecule has 0 aliphatic carbocycles. The average molecular weight is 347 g/mol. The molecule has 0 atom stereocenters. The summed E-state index contributed by atoms with van der Waals surface area (Å²) in [6.07, 6.45) is 1.74. The van der Waals surface area contributed by atoms with Crippen LogP contribution < -0.4 is 0 Å². The van der Waals surface area contributed by atoms with Gasteiger partial charge in [0, 0.05) is 16.9 Å². The summed E-state index contributed by atoms with van der Waals surface area (Å²) in [7, 11) is 0.